The van der Waals surface area contributed by atoms with Crippen LogP contribution >= 0.6 is 0 Å². The van der Waals surface area contributed by atoms with Gasteiger partial charge in [-0.25, -0.2) is 4.79 Å². The van der Waals surface area contributed by atoms with Crippen LogP contribution in [0.15, 0.2) is 29.4 Å². The van der Waals surface area contributed by atoms with E-state index in [1.54, 1.807) is 0 Å². The fraction of sp³-hybridized carbons (Fsp3) is 0.545. The maximum atomic E-state index is 11.5. The predicted molar refractivity (Wildman–Crippen MR) is 63.6 cm³/mol. The number of rotatable bonds is 5. The van der Waals surface area contributed by atoms with Gasteiger partial charge in [0.25, 0.3) is 0 Å². The number of aliphatic hydroxyl groups is 1. The lowest BCUT2D eigenvalue weighted by molar-refractivity contribution is -0.136. The second-order valence-electron chi connectivity index (χ2n) is 3.74. The van der Waals surface area contributed by atoms with E-state index in [1.807, 2.05) is 0 Å². The molecule has 0 amide bonds. The molecule has 98 valence electrons. The van der Waals surface area contributed by atoms with E-state index < -0.39 is 24.2 Å². The van der Waals surface area contributed by atoms with E-state index in [1.165, 1.54) is 19.3 Å². The number of nitrogens with zero attached hydrogens (tertiary/aromatic N) is 3. The fourth-order valence-corrected chi connectivity index (χ4v) is 1.71. The van der Waals surface area contributed by atoms with Gasteiger partial charge in [-0.2, -0.15) is 0 Å². The molecule has 0 bridgehead atoms. The van der Waals surface area contributed by atoms with E-state index in [9.17, 15) is 9.90 Å². The highest BCUT2D eigenvalue weighted by molar-refractivity contribution is 5.88. The Labute approximate surface area is 104 Å². The van der Waals surface area contributed by atoms with Crippen molar-refractivity contribution in [2.24, 2.45) is 5.11 Å². The molecule has 3 unspecified atom stereocenters. The zero-order valence-electron chi connectivity index (χ0n) is 10.0. The molecule has 1 aliphatic carbocycles. The number of hydrogen-bond donors (Lipinski definition) is 1. The van der Waals surface area contributed by atoms with Crippen molar-refractivity contribution in [1.82, 2.24) is 0 Å². The highest BCUT2D eigenvalue weighted by atomic mass is 16.5. The molecule has 0 aliphatic heterocycles. The van der Waals surface area contributed by atoms with Gasteiger partial charge in [0.2, 0.25) is 0 Å². The first-order chi connectivity index (χ1) is 8.63. The Bertz CT molecular complexity index is 401. The van der Waals surface area contributed by atoms with Crippen molar-refractivity contribution in [3.05, 3.63) is 34.7 Å². The monoisotopic (exact) mass is 253 g/mol. The first kappa shape index (κ1) is 14.2. The zero-order valence-corrected chi connectivity index (χ0v) is 10.0. The Morgan fingerprint density at radius 3 is 3.11 bits per heavy atom. The van der Waals surface area contributed by atoms with Crippen LogP contribution in [0.25, 0.3) is 10.4 Å². The van der Waals surface area contributed by atoms with Crippen molar-refractivity contribution in [2.45, 2.75) is 24.7 Å². The van der Waals surface area contributed by atoms with Gasteiger partial charge in [-0.15, -0.1) is 6.58 Å². The van der Waals surface area contributed by atoms with Crippen LogP contribution in [0.5, 0.6) is 0 Å². The van der Waals surface area contributed by atoms with E-state index in [2.05, 4.69) is 21.3 Å². The number of carbonyl (C=O) groups is 1. The summed E-state index contributed by atoms with van der Waals surface area (Å²) in [7, 11) is 1.26. The molecule has 7 heteroatoms. The van der Waals surface area contributed by atoms with E-state index >= 15 is 0 Å². The second kappa shape index (κ2) is 6.80. The molecule has 7 nitrogen and oxygen atoms in total. The van der Waals surface area contributed by atoms with Crippen LogP contribution in [-0.4, -0.2) is 43.0 Å². The molecule has 0 spiro atoms. The molecule has 0 aromatic heterocycles. The number of methoxy groups -OCH3 is 1. The fourth-order valence-electron chi connectivity index (χ4n) is 1.71. The molecule has 18 heavy (non-hydrogen) atoms. The van der Waals surface area contributed by atoms with Crippen molar-refractivity contribution in [1.29, 1.82) is 0 Å². The van der Waals surface area contributed by atoms with Crippen LogP contribution in [0.1, 0.15) is 6.42 Å². The third-order valence-electron chi connectivity index (χ3n) is 2.58. The minimum Gasteiger partial charge on any atom is -0.466 e. The minimum atomic E-state index is -0.991. The summed E-state index contributed by atoms with van der Waals surface area (Å²) < 4.78 is 9.92. The highest BCUT2D eigenvalue weighted by Gasteiger charge is 2.34. The molecular formula is C11H15N3O4. The Kier molecular flexibility index (Phi) is 5.38. The molecule has 0 fully saturated rings. The van der Waals surface area contributed by atoms with Crippen LogP contribution in [0.4, 0.5) is 0 Å². The van der Waals surface area contributed by atoms with Gasteiger partial charge in [-0.05, 0) is 18.0 Å². The predicted octanol–water partition coefficient (Wildman–Crippen LogP) is 1.10. The molecule has 3 atom stereocenters. The lowest BCUT2D eigenvalue weighted by Gasteiger charge is -2.30. The van der Waals surface area contributed by atoms with E-state index in [0.29, 0.717) is 5.57 Å². The minimum absolute atomic E-state index is 0.131. The first-order valence-corrected chi connectivity index (χ1v) is 5.37. The summed E-state index contributed by atoms with van der Waals surface area (Å²) in [5.41, 5.74) is 8.76. The number of aliphatic hydroxyl groups excluding tert-OH is 1. The van der Waals surface area contributed by atoms with E-state index in [4.69, 9.17) is 10.3 Å². The summed E-state index contributed by atoms with van der Waals surface area (Å²) >= 11 is 0. The lowest BCUT2D eigenvalue weighted by Crippen LogP contribution is -2.41. The summed E-state index contributed by atoms with van der Waals surface area (Å²) in [6.07, 6.45) is 1.43. The summed E-state index contributed by atoms with van der Waals surface area (Å²) in [4.78, 5) is 14.1. The Morgan fingerprint density at radius 2 is 2.56 bits per heavy atom. The van der Waals surface area contributed by atoms with Crippen LogP contribution in [0, 0.1) is 0 Å². The van der Waals surface area contributed by atoms with Crippen LogP contribution in [-0.2, 0) is 14.3 Å². The number of carbonyl (C=O) groups excluding carboxylic acids is 1. The molecule has 0 heterocycles. The molecule has 0 saturated heterocycles. The van der Waals surface area contributed by atoms with Gasteiger partial charge in [0.05, 0.1) is 25.9 Å². The van der Waals surface area contributed by atoms with Crippen molar-refractivity contribution >= 4 is 5.97 Å². The summed E-state index contributed by atoms with van der Waals surface area (Å²) in [6.45, 7) is 3.71. The molecule has 1 rings (SSSR count). The molecule has 0 radical (unpaired) electrons. The van der Waals surface area contributed by atoms with Gasteiger partial charge < -0.3 is 14.6 Å². The van der Waals surface area contributed by atoms with E-state index in [-0.39, 0.29) is 13.0 Å². The molecular weight excluding hydrogens is 238 g/mol. The van der Waals surface area contributed by atoms with Gasteiger partial charge in [-0.1, -0.05) is 11.2 Å². The van der Waals surface area contributed by atoms with Crippen molar-refractivity contribution in [3.63, 3.8) is 0 Å². The lowest BCUT2D eigenvalue weighted by atomic mass is 9.90. The van der Waals surface area contributed by atoms with Gasteiger partial charge in [0, 0.05) is 10.5 Å². The van der Waals surface area contributed by atoms with Gasteiger partial charge >= 0.3 is 5.97 Å². The number of hydrogen-bond acceptors (Lipinski definition) is 5. The van der Waals surface area contributed by atoms with Crippen LogP contribution in [0.2, 0.25) is 0 Å². The van der Waals surface area contributed by atoms with Crippen molar-refractivity contribution in [3.8, 4) is 0 Å². The normalized spacial score (nSPS) is 26.8. The van der Waals surface area contributed by atoms with E-state index in [0.717, 1.165) is 0 Å². The smallest absolute Gasteiger partial charge is 0.333 e. The van der Waals surface area contributed by atoms with Gasteiger partial charge in [-0.3, -0.25) is 0 Å². The second-order valence-corrected chi connectivity index (χ2v) is 3.74. The molecule has 0 saturated carbocycles. The summed E-state index contributed by atoms with van der Waals surface area (Å²) in [5.74, 6) is -0.521. The van der Waals surface area contributed by atoms with Gasteiger partial charge in [0.1, 0.15) is 6.10 Å². The third kappa shape index (κ3) is 3.33. The van der Waals surface area contributed by atoms with Gasteiger partial charge in [0.15, 0.2) is 0 Å². The van der Waals surface area contributed by atoms with Crippen LogP contribution in [0.3, 0.4) is 0 Å². The number of esters is 1. The molecule has 0 aromatic rings. The highest BCUT2D eigenvalue weighted by Crippen LogP contribution is 2.25. The summed E-state index contributed by atoms with van der Waals surface area (Å²) in [6, 6.07) is -0.746. The third-order valence-corrected chi connectivity index (χ3v) is 2.58. The van der Waals surface area contributed by atoms with Crippen molar-refractivity contribution in [2.75, 3.05) is 13.7 Å². The molecule has 1 N–H and O–H groups in total. The maximum Gasteiger partial charge on any atom is 0.333 e. The van der Waals surface area contributed by atoms with Crippen LogP contribution < -0.4 is 0 Å². The largest absolute Gasteiger partial charge is 0.466 e. The standard InChI is InChI=1S/C11H15N3O4/c1-3-4-18-9-6-7(11(16)17-2)5-8(10(9)15)13-14-12/h3,6,8-10,15H,1,4-5H2,2H3. The average molecular weight is 253 g/mol. The topological polar surface area (TPSA) is 105 Å². The molecule has 0 aromatic carbocycles. The molecule has 1 aliphatic rings. The number of ether oxygens (including phenoxy) is 2. The summed E-state index contributed by atoms with van der Waals surface area (Å²) in [5, 5.41) is 13.4. The quantitative estimate of drug-likeness (QED) is 0.260. The first-order valence-electron chi connectivity index (χ1n) is 5.37. The Hall–Kier alpha value is -1.82. The number of azide groups is 1. The Balaban J connectivity index is 2.94. The SMILES string of the molecule is C=CCOC1C=C(C(=O)OC)CC(N=[N+]=[N-])C1O. The van der Waals surface area contributed by atoms with Crippen molar-refractivity contribution < 1.29 is 19.4 Å². The average Bonchev–Trinajstić information content (AvgIpc) is 2.39. The zero-order chi connectivity index (χ0) is 13.5. The Morgan fingerprint density at radius 1 is 1.83 bits per heavy atom. The maximum absolute atomic E-state index is 11.5.